The van der Waals surface area contributed by atoms with E-state index in [1.54, 1.807) is 7.05 Å². The fourth-order valence-electron chi connectivity index (χ4n) is 1.99. The molecule has 0 aromatic carbocycles. The van der Waals surface area contributed by atoms with Crippen LogP contribution < -0.4 is 15.5 Å². The van der Waals surface area contributed by atoms with Crippen LogP contribution in [0.25, 0.3) is 0 Å². The van der Waals surface area contributed by atoms with Crippen LogP contribution in [0.1, 0.15) is 5.69 Å². The van der Waals surface area contributed by atoms with Gasteiger partial charge in [-0.05, 0) is 12.1 Å². The number of hydrogen-bond donors (Lipinski definition) is 2. The second-order valence-corrected chi connectivity index (χ2v) is 4.26. The van der Waals surface area contributed by atoms with Gasteiger partial charge < -0.3 is 20.3 Å². The molecule has 2 rings (SSSR count). The summed E-state index contributed by atoms with van der Waals surface area (Å²) in [5.74, 6) is 1.78. The molecule has 1 aliphatic heterocycles. The fraction of sp³-hybridized carbons (Fsp3) is 0.538. The summed E-state index contributed by atoms with van der Waals surface area (Å²) in [6, 6.07) is 6.10. The second kappa shape index (κ2) is 6.94. The first-order chi connectivity index (χ1) is 9.33. The molecule has 1 aromatic rings. The number of hydrogen-bond acceptors (Lipinski definition) is 4. The summed E-state index contributed by atoms with van der Waals surface area (Å²) in [7, 11) is 3.59. The van der Waals surface area contributed by atoms with Crippen molar-refractivity contribution in [3.8, 4) is 0 Å². The highest BCUT2D eigenvalue weighted by molar-refractivity contribution is 5.79. The Morgan fingerprint density at radius 2 is 2.21 bits per heavy atom. The molecule has 2 N–H and O–H groups in total. The van der Waals surface area contributed by atoms with E-state index in [1.165, 1.54) is 0 Å². The van der Waals surface area contributed by atoms with Crippen molar-refractivity contribution in [1.82, 2.24) is 15.6 Å². The molecule has 1 aliphatic rings. The van der Waals surface area contributed by atoms with E-state index in [-0.39, 0.29) is 0 Å². The zero-order valence-electron chi connectivity index (χ0n) is 11.5. The van der Waals surface area contributed by atoms with E-state index in [0.29, 0.717) is 6.54 Å². The Balaban J connectivity index is 1.98. The Morgan fingerprint density at radius 1 is 1.42 bits per heavy atom. The molecule has 19 heavy (non-hydrogen) atoms. The third-order valence-electron chi connectivity index (χ3n) is 3.02. The number of guanidine groups is 1. The van der Waals surface area contributed by atoms with E-state index in [9.17, 15) is 0 Å². The zero-order chi connectivity index (χ0) is 13.5. The largest absolute Gasteiger partial charge is 0.378 e. The van der Waals surface area contributed by atoms with Crippen LogP contribution in [0.4, 0.5) is 5.82 Å². The van der Waals surface area contributed by atoms with Crippen molar-refractivity contribution in [2.75, 3.05) is 45.3 Å². The van der Waals surface area contributed by atoms with E-state index < -0.39 is 0 Å². The highest BCUT2D eigenvalue weighted by atomic mass is 16.5. The van der Waals surface area contributed by atoms with Crippen LogP contribution in [-0.2, 0) is 11.3 Å². The quantitative estimate of drug-likeness (QED) is 0.603. The normalized spacial score (nSPS) is 16.3. The van der Waals surface area contributed by atoms with Gasteiger partial charge in [-0.1, -0.05) is 6.07 Å². The Hall–Kier alpha value is -1.82. The molecule has 0 bridgehead atoms. The van der Waals surface area contributed by atoms with Gasteiger partial charge in [-0.3, -0.25) is 4.99 Å². The van der Waals surface area contributed by atoms with Crippen molar-refractivity contribution < 1.29 is 4.74 Å². The van der Waals surface area contributed by atoms with Gasteiger partial charge in [0.2, 0.25) is 0 Å². The maximum atomic E-state index is 5.35. The Labute approximate surface area is 113 Å². The number of ether oxygens (including phenoxy) is 1. The molecule has 0 atom stereocenters. The minimum absolute atomic E-state index is 0.658. The molecule has 0 spiro atoms. The Morgan fingerprint density at radius 3 is 2.89 bits per heavy atom. The van der Waals surface area contributed by atoms with Crippen LogP contribution in [0.3, 0.4) is 0 Å². The summed E-state index contributed by atoms with van der Waals surface area (Å²) in [6.45, 7) is 4.02. The lowest BCUT2D eigenvalue weighted by Crippen LogP contribution is -2.37. The number of nitrogens with one attached hydrogen (secondary N) is 2. The predicted octanol–water partition coefficient (Wildman–Crippen LogP) is 0.213. The number of pyridine rings is 1. The molecule has 0 unspecified atom stereocenters. The van der Waals surface area contributed by atoms with Gasteiger partial charge in [0.1, 0.15) is 5.82 Å². The Bertz CT molecular complexity index is 429. The summed E-state index contributed by atoms with van der Waals surface area (Å²) in [6.07, 6.45) is 0. The minimum Gasteiger partial charge on any atom is -0.378 e. The smallest absolute Gasteiger partial charge is 0.191 e. The van der Waals surface area contributed by atoms with Gasteiger partial charge in [-0.15, -0.1) is 0 Å². The van der Waals surface area contributed by atoms with Crippen LogP contribution in [-0.4, -0.2) is 51.3 Å². The molecule has 104 valence electrons. The van der Waals surface area contributed by atoms with Gasteiger partial charge in [-0.25, -0.2) is 4.98 Å². The molecule has 1 fully saturated rings. The summed E-state index contributed by atoms with van der Waals surface area (Å²) in [5, 5.41) is 6.18. The van der Waals surface area contributed by atoms with E-state index in [4.69, 9.17) is 4.74 Å². The van der Waals surface area contributed by atoms with Crippen molar-refractivity contribution in [3.05, 3.63) is 23.9 Å². The van der Waals surface area contributed by atoms with Crippen LogP contribution in [0.15, 0.2) is 23.2 Å². The van der Waals surface area contributed by atoms with E-state index in [0.717, 1.165) is 43.8 Å². The molecule has 0 aliphatic carbocycles. The molecule has 6 nitrogen and oxygen atoms in total. The topological polar surface area (TPSA) is 61.8 Å². The van der Waals surface area contributed by atoms with E-state index in [1.807, 2.05) is 25.2 Å². The summed E-state index contributed by atoms with van der Waals surface area (Å²) < 4.78 is 5.35. The summed E-state index contributed by atoms with van der Waals surface area (Å²) >= 11 is 0. The third kappa shape index (κ3) is 3.82. The number of anilines is 1. The van der Waals surface area contributed by atoms with Gasteiger partial charge >= 0.3 is 0 Å². The van der Waals surface area contributed by atoms with E-state index >= 15 is 0 Å². The molecule has 1 aromatic heterocycles. The minimum atomic E-state index is 0.658. The van der Waals surface area contributed by atoms with Crippen LogP contribution >= 0.6 is 0 Å². The van der Waals surface area contributed by atoms with Crippen molar-refractivity contribution in [1.29, 1.82) is 0 Å². The number of aromatic nitrogens is 1. The number of aliphatic imine (C=N–C) groups is 1. The lowest BCUT2D eigenvalue weighted by Gasteiger charge is -2.28. The van der Waals surface area contributed by atoms with Gasteiger partial charge in [0.05, 0.1) is 25.5 Å². The molecule has 2 heterocycles. The first kappa shape index (κ1) is 13.6. The molecule has 1 saturated heterocycles. The summed E-state index contributed by atoms with van der Waals surface area (Å²) in [4.78, 5) is 11.0. The standard InChI is InChI=1S/C13H21N5O/c1-14-13(15-2)16-10-11-4-3-5-12(17-11)18-6-8-19-9-7-18/h3-5H,6-10H2,1-2H3,(H2,14,15,16). The van der Waals surface area contributed by atoms with Gasteiger partial charge in [0, 0.05) is 27.2 Å². The molecule has 0 radical (unpaired) electrons. The maximum absolute atomic E-state index is 5.35. The van der Waals surface area contributed by atoms with Crippen LogP contribution in [0, 0.1) is 0 Å². The van der Waals surface area contributed by atoms with Crippen LogP contribution in [0.5, 0.6) is 0 Å². The maximum Gasteiger partial charge on any atom is 0.191 e. The number of morpholine rings is 1. The van der Waals surface area contributed by atoms with Gasteiger partial charge in [0.15, 0.2) is 5.96 Å². The first-order valence-electron chi connectivity index (χ1n) is 6.50. The molecule has 0 amide bonds. The van der Waals surface area contributed by atoms with Gasteiger partial charge in [0.25, 0.3) is 0 Å². The first-order valence-corrected chi connectivity index (χ1v) is 6.50. The zero-order valence-corrected chi connectivity index (χ0v) is 11.5. The third-order valence-corrected chi connectivity index (χ3v) is 3.02. The summed E-state index contributed by atoms with van der Waals surface area (Å²) in [5.41, 5.74) is 1.00. The predicted molar refractivity (Wildman–Crippen MR) is 76.5 cm³/mol. The van der Waals surface area contributed by atoms with Crippen molar-refractivity contribution in [3.63, 3.8) is 0 Å². The SMILES string of the molecule is CN=C(NC)NCc1cccc(N2CCOCC2)n1. The number of nitrogens with zero attached hydrogens (tertiary/aromatic N) is 3. The van der Waals surface area contributed by atoms with Gasteiger partial charge in [-0.2, -0.15) is 0 Å². The average molecular weight is 263 g/mol. The highest BCUT2D eigenvalue weighted by Crippen LogP contribution is 2.13. The molecular weight excluding hydrogens is 242 g/mol. The Kier molecular flexibility index (Phi) is 4.97. The lowest BCUT2D eigenvalue weighted by atomic mass is 10.3. The van der Waals surface area contributed by atoms with E-state index in [2.05, 4.69) is 25.5 Å². The molecule has 0 saturated carbocycles. The van der Waals surface area contributed by atoms with Crippen molar-refractivity contribution in [2.24, 2.45) is 4.99 Å². The van der Waals surface area contributed by atoms with Crippen LogP contribution in [0.2, 0.25) is 0 Å². The molecule has 6 heteroatoms. The monoisotopic (exact) mass is 263 g/mol. The second-order valence-electron chi connectivity index (χ2n) is 4.26. The lowest BCUT2D eigenvalue weighted by molar-refractivity contribution is 0.122. The number of rotatable bonds is 3. The average Bonchev–Trinajstić information content (AvgIpc) is 2.49. The fourth-order valence-corrected chi connectivity index (χ4v) is 1.99. The van der Waals surface area contributed by atoms with Crippen molar-refractivity contribution in [2.45, 2.75) is 6.54 Å². The van der Waals surface area contributed by atoms with Crippen molar-refractivity contribution >= 4 is 11.8 Å². The highest BCUT2D eigenvalue weighted by Gasteiger charge is 2.12. The molecular formula is C13H21N5O.